The topological polar surface area (TPSA) is 38.0 Å². The molecule has 2 rings (SSSR count). The first-order valence-electron chi connectivity index (χ1n) is 6.16. The number of rotatable bonds is 4. The molecule has 102 valence electrons. The smallest absolute Gasteiger partial charge is 0.123 e. The van der Waals surface area contributed by atoms with E-state index in [1.165, 1.54) is 18.2 Å². The number of hydrogen-bond acceptors (Lipinski definition) is 2. The summed E-state index contributed by atoms with van der Waals surface area (Å²) >= 11 is 6.00. The van der Waals surface area contributed by atoms with Crippen molar-refractivity contribution >= 4 is 11.6 Å². The van der Waals surface area contributed by atoms with Crippen LogP contribution in [0.5, 0.6) is 0 Å². The van der Waals surface area contributed by atoms with Crippen molar-refractivity contribution in [3.05, 3.63) is 52.1 Å². The first-order chi connectivity index (χ1) is 9.01. The quantitative estimate of drug-likeness (QED) is 0.936. The summed E-state index contributed by atoms with van der Waals surface area (Å²) in [4.78, 5) is 0. The fourth-order valence-corrected chi connectivity index (χ4v) is 2.24. The molecule has 5 heteroatoms. The number of benzene rings is 1. The molecule has 0 aliphatic heterocycles. The minimum Gasteiger partial charge on any atom is -0.386 e. The molecule has 0 spiro atoms. The standard InChI is InChI=1S/C14H16ClFN2O/c1-3-11-8-13(18(2)17-11)14(19)7-9-6-10(16)4-5-12(9)15/h4-6,8,14,19H,3,7H2,1-2H3. The minimum atomic E-state index is -0.753. The molecule has 1 atom stereocenters. The van der Waals surface area contributed by atoms with Crippen LogP contribution >= 0.6 is 11.6 Å². The molecule has 0 radical (unpaired) electrons. The molecule has 1 heterocycles. The van der Waals surface area contributed by atoms with Crippen LogP contribution in [0.4, 0.5) is 4.39 Å². The van der Waals surface area contributed by atoms with E-state index in [1.807, 2.05) is 13.0 Å². The largest absolute Gasteiger partial charge is 0.386 e. The van der Waals surface area contributed by atoms with Crippen molar-refractivity contribution in [3.8, 4) is 0 Å². The molecule has 0 aliphatic carbocycles. The molecule has 0 saturated heterocycles. The van der Waals surface area contributed by atoms with Gasteiger partial charge < -0.3 is 5.11 Å². The fraction of sp³-hybridized carbons (Fsp3) is 0.357. The van der Waals surface area contributed by atoms with Gasteiger partial charge in [-0.15, -0.1) is 0 Å². The second kappa shape index (κ2) is 5.72. The van der Waals surface area contributed by atoms with Crippen LogP contribution in [0.25, 0.3) is 0 Å². The Bertz CT molecular complexity index is 583. The zero-order chi connectivity index (χ0) is 14.0. The number of nitrogens with zero attached hydrogens (tertiary/aromatic N) is 2. The van der Waals surface area contributed by atoms with Crippen molar-refractivity contribution in [2.75, 3.05) is 0 Å². The third-order valence-corrected chi connectivity index (χ3v) is 3.46. The Kier molecular flexibility index (Phi) is 4.22. The van der Waals surface area contributed by atoms with Gasteiger partial charge in [0, 0.05) is 18.5 Å². The molecule has 0 fully saturated rings. The van der Waals surface area contributed by atoms with Crippen molar-refractivity contribution < 1.29 is 9.50 Å². The molecule has 0 saturated carbocycles. The lowest BCUT2D eigenvalue weighted by Crippen LogP contribution is -2.08. The Morgan fingerprint density at radius 1 is 1.42 bits per heavy atom. The van der Waals surface area contributed by atoms with Gasteiger partial charge in [0.1, 0.15) is 5.82 Å². The summed E-state index contributed by atoms with van der Waals surface area (Å²) in [5.74, 6) is -0.356. The number of halogens is 2. The van der Waals surface area contributed by atoms with Crippen molar-refractivity contribution in [2.24, 2.45) is 7.05 Å². The SMILES string of the molecule is CCc1cc(C(O)Cc2cc(F)ccc2Cl)n(C)n1. The molecule has 1 unspecified atom stereocenters. The number of hydrogen-bond donors (Lipinski definition) is 1. The van der Waals surface area contributed by atoms with Gasteiger partial charge in [-0.05, 0) is 36.2 Å². The van der Waals surface area contributed by atoms with Gasteiger partial charge in [-0.2, -0.15) is 5.10 Å². The van der Waals surface area contributed by atoms with Crippen LogP contribution in [0, 0.1) is 5.82 Å². The van der Waals surface area contributed by atoms with Crippen molar-refractivity contribution in [3.63, 3.8) is 0 Å². The molecule has 19 heavy (non-hydrogen) atoms. The van der Waals surface area contributed by atoms with Gasteiger partial charge in [-0.1, -0.05) is 18.5 Å². The highest BCUT2D eigenvalue weighted by atomic mass is 35.5. The Hall–Kier alpha value is -1.39. The number of aliphatic hydroxyl groups excluding tert-OH is 1. The first kappa shape index (κ1) is 14.0. The lowest BCUT2D eigenvalue weighted by Gasteiger charge is -2.12. The number of aryl methyl sites for hydroxylation is 2. The minimum absolute atomic E-state index is 0.263. The predicted octanol–water partition coefficient (Wildman–Crippen LogP) is 3.05. The highest BCUT2D eigenvalue weighted by molar-refractivity contribution is 6.31. The van der Waals surface area contributed by atoms with E-state index in [1.54, 1.807) is 11.7 Å². The summed E-state index contributed by atoms with van der Waals surface area (Å²) in [6.45, 7) is 2.00. The average molecular weight is 283 g/mol. The normalized spacial score (nSPS) is 12.7. The monoisotopic (exact) mass is 282 g/mol. The van der Waals surface area contributed by atoms with Crippen LogP contribution in [0.15, 0.2) is 24.3 Å². The van der Waals surface area contributed by atoms with E-state index in [0.29, 0.717) is 16.3 Å². The molecule has 1 N–H and O–H groups in total. The third kappa shape index (κ3) is 3.14. The maximum atomic E-state index is 13.2. The van der Waals surface area contributed by atoms with E-state index in [0.717, 1.165) is 12.1 Å². The molecule has 3 nitrogen and oxygen atoms in total. The highest BCUT2D eigenvalue weighted by Gasteiger charge is 2.16. The highest BCUT2D eigenvalue weighted by Crippen LogP contribution is 2.24. The first-order valence-corrected chi connectivity index (χ1v) is 6.54. The molecular formula is C14H16ClFN2O. The Labute approximate surface area is 116 Å². The summed E-state index contributed by atoms with van der Waals surface area (Å²) in [6, 6.07) is 6.01. The van der Waals surface area contributed by atoms with Gasteiger partial charge in [0.05, 0.1) is 17.5 Å². The lowest BCUT2D eigenvalue weighted by atomic mass is 10.0. The Morgan fingerprint density at radius 2 is 2.16 bits per heavy atom. The van der Waals surface area contributed by atoms with Crippen LogP contribution in [0.1, 0.15) is 30.0 Å². The van der Waals surface area contributed by atoms with Crippen LogP contribution in [0.3, 0.4) is 0 Å². The molecular weight excluding hydrogens is 267 g/mol. The van der Waals surface area contributed by atoms with Gasteiger partial charge in [-0.3, -0.25) is 4.68 Å². The van der Waals surface area contributed by atoms with Gasteiger partial charge in [0.25, 0.3) is 0 Å². The van der Waals surface area contributed by atoms with Crippen LogP contribution < -0.4 is 0 Å². The van der Waals surface area contributed by atoms with Gasteiger partial charge >= 0.3 is 0 Å². The van der Waals surface area contributed by atoms with Gasteiger partial charge in [-0.25, -0.2) is 4.39 Å². The fourth-order valence-electron chi connectivity index (χ4n) is 2.04. The van der Waals surface area contributed by atoms with Gasteiger partial charge in [0.2, 0.25) is 0 Å². The van der Waals surface area contributed by atoms with Crippen molar-refractivity contribution in [2.45, 2.75) is 25.9 Å². The predicted molar refractivity (Wildman–Crippen MR) is 72.7 cm³/mol. The van der Waals surface area contributed by atoms with E-state index >= 15 is 0 Å². The zero-order valence-corrected chi connectivity index (χ0v) is 11.7. The van der Waals surface area contributed by atoms with Crippen LogP contribution in [0.2, 0.25) is 5.02 Å². The Morgan fingerprint density at radius 3 is 2.79 bits per heavy atom. The second-order valence-electron chi connectivity index (χ2n) is 4.49. The maximum absolute atomic E-state index is 13.2. The van der Waals surface area contributed by atoms with E-state index in [2.05, 4.69) is 5.10 Å². The van der Waals surface area contributed by atoms with Crippen molar-refractivity contribution in [1.29, 1.82) is 0 Å². The zero-order valence-electron chi connectivity index (χ0n) is 10.9. The molecule has 0 amide bonds. The summed E-state index contributed by atoms with van der Waals surface area (Å²) in [7, 11) is 1.78. The summed E-state index contributed by atoms with van der Waals surface area (Å²) in [5, 5.41) is 15.0. The van der Waals surface area contributed by atoms with E-state index < -0.39 is 6.10 Å². The third-order valence-electron chi connectivity index (χ3n) is 3.09. The van der Waals surface area contributed by atoms with Crippen LogP contribution in [-0.2, 0) is 19.9 Å². The molecule has 0 aliphatic rings. The molecule has 2 aromatic rings. The van der Waals surface area contributed by atoms with E-state index in [4.69, 9.17) is 11.6 Å². The molecule has 1 aromatic heterocycles. The van der Waals surface area contributed by atoms with E-state index in [9.17, 15) is 9.50 Å². The molecule has 0 bridgehead atoms. The Balaban J connectivity index is 2.22. The summed E-state index contributed by atoms with van der Waals surface area (Å²) < 4.78 is 14.8. The number of aliphatic hydroxyl groups is 1. The summed E-state index contributed by atoms with van der Waals surface area (Å²) in [6.07, 6.45) is 0.317. The number of aromatic nitrogens is 2. The second-order valence-corrected chi connectivity index (χ2v) is 4.90. The van der Waals surface area contributed by atoms with Crippen molar-refractivity contribution in [1.82, 2.24) is 9.78 Å². The lowest BCUT2D eigenvalue weighted by molar-refractivity contribution is 0.168. The van der Waals surface area contributed by atoms with Gasteiger partial charge in [0.15, 0.2) is 0 Å². The summed E-state index contributed by atoms with van der Waals surface area (Å²) in [5.41, 5.74) is 2.22. The van der Waals surface area contributed by atoms with E-state index in [-0.39, 0.29) is 12.2 Å². The van der Waals surface area contributed by atoms with Crippen LogP contribution in [-0.4, -0.2) is 14.9 Å². The maximum Gasteiger partial charge on any atom is 0.123 e. The molecule has 1 aromatic carbocycles. The average Bonchev–Trinajstić information content (AvgIpc) is 2.75.